The van der Waals surface area contributed by atoms with E-state index in [2.05, 4.69) is 5.32 Å². The fraction of sp³-hybridized carbons (Fsp3) is 0.529. The molecule has 1 atom stereocenters. The lowest BCUT2D eigenvalue weighted by Crippen LogP contribution is -2.40. The van der Waals surface area contributed by atoms with E-state index in [4.69, 9.17) is 4.74 Å². The number of nitrogens with zero attached hydrogens (tertiary/aromatic N) is 1. The van der Waals surface area contributed by atoms with Gasteiger partial charge in [0, 0.05) is 33.2 Å². The van der Waals surface area contributed by atoms with E-state index in [9.17, 15) is 9.59 Å². The number of carbonyl (C=O) groups excluding carboxylic acids is 2. The fourth-order valence-electron chi connectivity index (χ4n) is 2.55. The third kappa shape index (κ3) is 4.56. The third-order valence-electron chi connectivity index (χ3n) is 3.97. The van der Waals surface area contributed by atoms with E-state index in [0.717, 1.165) is 24.0 Å². The van der Waals surface area contributed by atoms with Gasteiger partial charge in [-0.15, -0.1) is 0 Å². The van der Waals surface area contributed by atoms with Gasteiger partial charge >= 0.3 is 0 Å². The summed E-state index contributed by atoms with van der Waals surface area (Å²) in [5, 5.41) is 2.85. The molecule has 1 aromatic rings. The molecule has 22 heavy (non-hydrogen) atoms. The predicted molar refractivity (Wildman–Crippen MR) is 84.3 cm³/mol. The third-order valence-corrected chi connectivity index (χ3v) is 3.97. The van der Waals surface area contributed by atoms with E-state index in [1.807, 2.05) is 31.2 Å². The zero-order chi connectivity index (χ0) is 15.9. The molecule has 5 heteroatoms. The number of rotatable bonds is 6. The normalized spacial score (nSPS) is 17.3. The van der Waals surface area contributed by atoms with Gasteiger partial charge < -0.3 is 15.0 Å². The minimum absolute atomic E-state index is 0.00891. The fourth-order valence-corrected chi connectivity index (χ4v) is 2.55. The summed E-state index contributed by atoms with van der Waals surface area (Å²) in [7, 11) is 0. The number of hydrogen-bond donors (Lipinski definition) is 1. The van der Waals surface area contributed by atoms with Crippen molar-refractivity contribution in [2.24, 2.45) is 0 Å². The van der Waals surface area contributed by atoms with Gasteiger partial charge in [-0.05, 0) is 30.9 Å². The molecule has 1 unspecified atom stereocenters. The molecule has 0 aromatic heterocycles. The largest absolute Gasteiger partial charge is 0.368 e. The van der Waals surface area contributed by atoms with Crippen LogP contribution in [0.2, 0.25) is 0 Å². The van der Waals surface area contributed by atoms with Crippen LogP contribution in [0.3, 0.4) is 0 Å². The Morgan fingerprint density at radius 2 is 2.14 bits per heavy atom. The highest BCUT2D eigenvalue weighted by molar-refractivity contribution is 5.81. The zero-order valence-corrected chi connectivity index (χ0v) is 13.3. The number of benzene rings is 1. The maximum absolute atomic E-state index is 11.9. The molecule has 0 bridgehead atoms. The van der Waals surface area contributed by atoms with E-state index in [1.165, 1.54) is 0 Å². The molecular weight excluding hydrogens is 280 g/mol. The van der Waals surface area contributed by atoms with Crippen LogP contribution in [0, 0.1) is 6.92 Å². The molecule has 0 radical (unpaired) electrons. The van der Waals surface area contributed by atoms with Crippen LogP contribution in [0.15, 0.2) is 24.3 Å². The Labute approximate surface area is 131 Å². The van der Waals surface area contributed by atoms with Crippen molar-refractivity contribution < 1.29 is 14.3 Å². The number of amides is 2. The number of hydrogen-bond acceptors (Lipinski definition) is 3. The van der Waals surface area contributed by atoms with Crippen molar-refractivity contribution >= 4 is 11.8 Å². The molecule has 0 aliphatic carbocycles. The van der Waals surface area contributed by atoms with E-state index in [0.29, 0.717) is 26.2 Å². The van der Waals surface area contributed by atoms with Crippen molar-refractivity contribution in [3.8, 4) is 0 Å². The predicted octanol–water partition coefficient (Wildman–Crippen LogP) is 1.64. The minimum atomic E-state index is -0.317. The Morgan fingerprint density at radius 3 is 2.77 bits per heavy atom. The molecule has 120 valence electrons. The maximum atomic E-state index is 11.9. The van der Waals surface area contributed by atoms with Crippen LogP contribution in [-0.4, -0.2) is 42.5 Å². The molecule has 0 saturated carbocycles. The number of ether oxygens (including phenoxy) is 1. The van der Waals surface area contributed by atoms with Crippen LogP contribution < -0.4 is 5.32 Å². The summed E-state index contributed by atoms with van der Waals surface area (Å²) in [4.78, 5) is 25.4. The summed E-state index contributed by atoms with van der Waals surface area (Å²) in [6, 6.07) is 8.02. The first-order chi connectivity index (χ1) is 10.6. The van der Waals surface area contributed by atoms with Crippen LogP contribution in [0.25, 0.3) is 0 Å². The molecule has 1 N–H and O–H groups in total. The maximum Gasteiger partial charge on any atom is 0.249 e. The van der Waals surface area contributed by atoms with Crippen molar-refractivity contribution in [2.45, 2.75) is 39.3 Å². The first-order valence-corrected chi connectivity index (χ1v) is 7.77. The first kappa shape index (κ1) is 16.5. The smallest absolute Gasteiger partial charge is 0.249 e. The van der Waals surface area contributed by atoms with Gasteiger partial charge in [0.1, 0.15) is 6.10 Å². The Morgan fingerprint density at radius 1 is 1.36 bits per heavy atom. The summed E-state index contributed by atoms with van der Waals surface area (Å²) in [6.07, 6.45) is 1.40. The van der Waals surface area contributed by atoms with E-state index in [1.54, 1.807) is 11.8 Å². The van der Waals surface area contributed by atoms with Crippen molar-refractivity contribution in [1.29, 1.82) is 0 Å². The van der Waals surface area contributed by atoms with Gasteiger partial charge in [0.15, 0.2) is 0 Å². The van der Waals surface area contributed by atoms with Gasteiger partial charge in [-0.2, -0.15) is 0 Å². The van der Waals surface area contributed by atoms with Crippen LogP contribution >= 0.6 is 0 Å². The second-order valence-corrected chi connectivity index (χ2v) is 5.66. The highest BCUT2D eigenvalue weighted by atomic mass is 16.5. The molecule has 2 rings (SSSR count). The second-order valence-electron chi connectivity index (χ2n) is 5.66. The molecule has 1 saturated heterocycles. The second kappa shape index (κ2) is 7.94. The average Bonchev–Trinajstić information content (AvgIpc) is 3.02. The van der Waals surface area contributed by atoms with Crippen molar-refractivity contribution in [1.82, 2.24) is 10.2 Å². The van der Waals surface area contributed by atoms with Crippen molar-refractivity contribution in [3.63, 3.8) is 0 Å². The van der Waals surface area contributed by atoms with Gasteiger partial charge in [0.2, 0.25) is 11.8 Å². The zero-order valence-electron chi connectivity index (χ0n) is 13.3. The molecular formula is C17H24N2O3. The van der Waals surface area contributed by atoms with Gasteiger partial charge in [-0.25, -0.2) is 0 Å². The highest BCUT2D eigenvalue weighted by Crippen LogP contribution is 2.12. The van der Waals surface area contributed by atoms with Crippen LogP contribution in [-0.2, 0) is 20.9 Å². The van der Waals surface area contributed by atoms with Gasteiger partial charge in [-0.3, -0.25) is 9.59 Å². The number of carbonyl (C=O) groups is 2. The lowest BCUT2D eigenvalue weighted by molar-refractivity contribution is -0.132. The molecule has 1 aromatic carbocycles. The molecule has 2 amide bonds. The Kier molecular flexibility index (Phi) is 5.95. The summed E-state index contributed by atoms with van der Waals surface area (Å²) in [6.45, 7) is 5.77. The van der Waals surface area contributed by atoms with Crippen molar-refractivity contribution in [2.75, 3.05) is 19.7 Å². The minimum Gasteiger partial charge on any atom is -0.368 e. The SMILES string of the molecule is CC(=O)N(CCNC(=O)C1CCCO1)Cc1ccccc1C. The molecule has 0 spiro atoms. The summed E-state index contributed by atoms with van der Waals surface area (Å²) in [5.74, 6) is -0.0634. The topological polar surface area (TPSA) is 58.6 Å². The molecule has 1 heterocycles. The van der Waals surface area contributed by atoms with Gasteiger partial charge in [0.25, 0.3) is 0 Å². The summed E-state index contributed by atoms with van der Waals surface area (Å²) >= 11 is 0. The van der Waals surface area contributed by atoms with E-state index in [-0.39, 0.29) is 17.9 Å². The van der Waals surface area contributed by atoms with E-state index < -0.39 is 0 Å². The number of nitrogens with one attached hydrogen (secondary N) is 1. The molecule has 5 nitrogen and oxygen atoms in total. The summed E-state index contributed by atoms with van der Waals surface area (Å²) < 4.78 is 5.34. The standard InChI is InChI=1S/C17H24N2O3/c1-13-6-3-4-7-15(13)12-19(14(2)20)10-9-18-17(21)16-8-5-11-22-16/h3-4,6-7,16H,5,8-12H2,1-2H3,(H,18,21). The quantitative estimate of drug-likeness (QED) is 0.869. The summed E-state index contributed by atoms with van der Waals surface area (Å²) in [5.41, 5.74) is 2.29. The Bertz CT molecular complexity index is 524. The lowest BCUT2D eigenvalue weighted by atomic mass is 10.1. The first-order valence-electron chi connectivity index (χ1n) is 7.77. The number of aryl methyl sites for hydroxylation is 1. The lowest BCUT2D eigenvalue weighted by Gasteiger charge is -2.22. The molecule has 1 fully saturated rings. The van der Waals surface area contributed by atoms with Crippen LogP contribution in [0.1, 0.15) is 30.9 Å². The van der Waals surface area contributed by atoms with Crippen molar-refractivity contribution in [3.05, 3.63) is 35.4 Å². The van der Waals surface area contributed by atoms with Gasteiger partial charge in [0.05, 0.1) is 0 Å². The Balaban J connectivity index is 1.83. The van der Waals surface area contributed by atoms with Crippen LogP contribution in [0.4, 0.5) is 0 Å². The highest BCUT2D eigenvalue weighted by Gasteiger charge is 2.23. The van der Waals surface area contributed by atoms with Gasteiger partial charge in [-0.1, -0.05) is 24.3 Å². The van der Waals surface area contributed by atoms with Crippen LogP contribution in [0.5, 0.6) is 0 Å². The Hall–Kier alpha value is -1.88. The van der Waals surface area contributed by atoms with E-state index >= 15 is 0 Å². The monoisotopic (exact) mass is 304 g/mol. The molecule has 1 aliphatic rings. The molecule has 1 aliphatic heterocycles. The average molecular weight is 304 g/mol.